The number of hydrogen-bond donors (Lipinski definition) is 3. The van der Waals surface area contributed by atoms with Crippen LogP contribution in [0, 0.1) is 0 Å². The zero-order chi connectivity index (χ0) is 14.4. The quantitative estimate of drug-likeness (QED) is 0.618. The van der Waals surface area contributed by atoms with Crippen LogP contribution in [-0.2, 0) is 4.79 Å². The maximum Gasteiger partial charge on any atom is 0.326 e. The van der Waals surface area contributed by atoms with Crippen LogP contribution in [0.2, 0.25) is 0 Å². The number of carboxylic acid groups (broad SMARTS) is 1. The molecule has 2 amide bonds. The van der Waals surface area contributed by atoms with Crippen LogP contribution >= 0.6 is 0 Å². The SMILES string of the molecule is CCCCN(CCO)C(=O)N1C[C@@H](O)C[C@H]1C(=O)O. The maximum absolute atomic E-state index is 12.3. The molecule has 7 nitrogen and oxygen atoms in total. The van der Waals surface area contributed by atoms with Crippen LogP contribution < -0.4 is 0 Å². The summed E-state index contributed by atoms with van der Waals surface area (Å²) in [5.41, 5.74) is 0. The number of aliphatic hydroxyl groups excluding tert-OH is 2. The molecule has 0 aromatic heterocycles. The molecule has 0 unspecified atom stereocenters. The average molecular weight is 274 g/mol. The molecule has 19 heavy (non-hydrogen) atoms. The van der Waals surface area contributed by atoms with E-state index in [9.17, 15) is 14.7 Å². The minimum atomic E-state index is -1.11. The molecule has 0 bridgehead atoms. The summed E-state index contributed by atoms with van der Waals surface area (Å²) in [4.78, 5) is 26.0. The van der Waals surface area contributed by atoms with E-state index in [-0.39, 0.29) is 26.1 Å². The minimum Gasteiger partial charge on any atom is -0.480 e. The molecule has 0 aromatic rings. The Kier molecular flexibility index (Phi) is 6.04. The third-order valence-corrected chi connectivity index (χ3v) is 3.23. The molecule has 2 atom stereocenters. The van der Waals surface area contributed by atoms with Gasteiger partial charge >= 0.3 is 12.0 Å². The molecule has 0 radical (unpaired) electrons. The molecule has 1 heterocycles. The zero-order valence-electron chi connectivity index (χ0n) is 11.2. The molecule has 1 rings (SSSR count). The second-order valence-corrected chi connectivity index (χ2v) is 4.74. The van der Waals surface area contributed by atoms with Gasteiger partial charge < -0.3 is 25.1 Å². The Bertz CT molecular complexity index is 323. The molecule has 7 heteroatoms. The lowest BCUT2D eigenvalue weighted by atomic mass is 10.2. The van der Waals surface area contributed by atoms with Crippen molar-refractivity contribution < 1.29 is 24.9 Å². The Labute approximate surface area is 112 Å². The van der Waals surface area contributed by atoms with Gasteiger partial charge in [0, 0.05) is 26.1 Å². The van der Waals surface area contributed by atoms with Gasteiger partial charge in [-0.2, -0.15) is 0 Å². The van der Waals surface area contributed by atoms with Gasteiger partial charge in [-0.25, -0.2) is 9.59 Å². The summed E-state index contributed by atoms with van der Waals surface area (Å²) in [6.07, 6.45) is 0.953. The largest absolute Gasteiger partial charge is 0.480 e. The van der Waals surface area contributed by atoms with Crippen molar-refractivity contribution in [3.63, 3.8) is 0 Å². The smallest absolute Gasteiger partial charge is 0.326 e. The van der Waals surface area contributed by atoms with Crippen molar-refractivity contribution in [1.82, 2.24) is 9.80 Å². The number of urea groups is 1. The predicted molar refractivity (Wildman–Crippen MR) is 67.7 cm³/mol. The number of β-amino-alcohol motifs (C(OH)–C–C–N with tert-alkyl or cyclic N) is 1. The summed E-state index contributed by atoms with van der Waals surface area (Å²) in [5.74, 6) is -1.11. The van der Waals surface area contributed by atoms with Gasteiger partial charge in [0.2, 0.25) is 0 Å². The molecule has 3 N–H and O–H groups in total. The third-order valence-electron chi connectivity index (χ3n) is 3.23. The molecule has 110 valence electrons. The van der Waals surface area contributed by atoms with Crippen molar-refractivity contribution in [2.75, 3.05) is 26.2 Å². The molecule has 1 aliphatic heterocycles. The highest BCUT2D eigenvalue weighted by Gasteiger charge is 2.40. The molecule has 1 aliphatic rings. The van der Waals surface area contributed by atoms with E-state index < -0.39 is 24.1 Å². The molecule has 0 saturated carbocycles. The third kappa shape index (κ3) is 4.07. The molecule has 1 fully saturated rings. The van der Waals surface area contributed by atoms with Crippen LogP contribution in [0.4, 0.5) is 4.79 Å². The van der Waals surface area contributed by atoms with Crippen molar-refractivity contribution in [1.29, 1.82) is 0 Å². The predicted octanol–water partition coefficient (Wildman–Crippen LogP) is -0.279. The van der Waals surface area contributed by atoms with Crippen LogP contribution in [0.1, 0.15) is 26.2 Å². The number of carboxylic acids is 1. The number of carbonyl (C=O) groups is 2. The Hall–Kier alpha value is -1.34. The summed E-state index contributed by atoms with van der Waals surface area (Å²) in [6.45, 7) is 2.52. The highest BCUT2D eigenvalue weighted by molar-refractivity contribution is 5.83. The van der Waals surface area contributed by atoms with Crippen molar-refractivity contribution in [2.24, 2.45) is 0 Å². The number of amides is 2. The number of unbranched alkanes of at least 4 members (excludes halogenated alkanes) is 1. The van der Waals surface area contributed by atoms with E-state index in [0.717, 1.165) is 12.8 Å². The number of carbonyl (C=O) groups excluding carboxylic acids is 1. The number of aliphatic hydroxyl groups is 2. The molecular formula is C12H22N2O5. The first-order valence-corrected chi connectivity index (χ1v) is 6.58. The maximum atomic E-state index is 12.3. The van der Waals surface area contributed by atoms with Gasteiger partial charge in [0.15, 0.2) is 0 Å². The van der Waals surface area contributed by atoms with E-state index in [2.05, 4.69) is 0 Å². The lowest BCUT2D eigenvalue weighted by molar-refractivity contribution is -0.141. The Balaban J connectivity index is 2.73. The number of rotatable bonds is 6. The molecule has 1 saturated heterocycles. The number of aliphatic carboxylic acids is 1. The summed E-state index contributed by atoms with van der Waals surface area (Å²) >= 11 is 0. The van der Waals surface area contributed by atoms with Gasteiger partial charge in [0.1, 0.15) is 6.04 Å². The van der Waals surface area contributed by atoms with Crippen molar-refractivity contribution >= 4 is 12.0 Å². The number of likely N-dealkylation sites (tertiary alicyclic amines) is 1. The van der Waals surface area contributed by atoms with E-state index >= 15 is 0 Å². The minimum absolute atomic E-state index is 0.0316. The lowest BCUT2D eigenvalue weighted by Crippen LogP contribution is -2.49. The molecule has 0 aliphatic carbocycles. The van der Waals surface area contributed by atoms with Crippen molar-refractivity contribution in [2.45, 2.75) is 38.3 Å². The highest BCUT2D eigenvalue weighted by Crippen LogP contribution is 2.20. The van der Waals surface area contributed by atoms with E-state index in [1.807, 2.05) is 6.92 Å². The Morgan fingerprint density at radius 2 is 2.05 bits per heavy atom. The van der Waals surface area contributed by atoms with Gasteiger partial charge in [-0.15, -0.1) is 0 Å². The summed E-state index contributed by atoms with van der Waals surface area (Å²) in [5, 5.41) is 27.6. The van der Waals surface area contributed by atoms with Crippen LogP contribution in [0.5, 0.6) is 0 Å². The van der Waals surface area contributed by atoms with Crippen molar-refractivity contribution in [3.05, 3.63) is 0 Å². The van der Waals surface area contributed by atoms with Crippen LogP contribution in [0.15, 0.2) is 0 Å². The number of nitrogens with zero attached hydrogens (tertiary/aromatic N) is 2. The summed E-state index contributed by atoms with van der Waals surface area (Å²) < 4.78 is 0. The van der Waals surface area contributed by atoms with Gasteiger partial charge in [0.05, 0.1) is 12.7 Å². The van der Waals surface area contributed by atoms with Gasteiger partial charge in [-0.3, -0.25) is 0 Å². The summed E-state index contributed by atoms with van der Waals surface area (Å²) in [7, 11) is 0. The van der Waals surface area contributed by atoms with Gasteiger partial charge in [-0.05, 0) is 6.42 Å². The first-order chi connectivity index (χ1) is 9.01. The van der Waals surface area contributed by atoms with Crippen LogP contribution in [-0.4, -0.2) is 75.5 Å². The lowest BCUT2D eigenvalue weighted by Gasteiger charge is -2.29. The Morgan fingerprint density at radius 1 is 1.37 bits per heavy atom. The first-order valence-electron chi connectivity index (χ1n) is 6.58. The van der Waals surface area contributed by atoms with Crippen LogP contribution in [0.25, 0.3) is 0 Å². The first kappa shape index (κ1) is 15.7. The zero-order valence-corrected chi connectivity index (χ0v) is 11.2. The van der Waals surface area contributed by atoms with Crippen molar-refractivity contribution in [3.8, 4) is 0 Å². The van der Waals surface area contributed by atoms with E-state index in [4.69, 9.17) is 10.2 Å². The van der Waals surface area contributed by atoms with E-state index in [0.29, 0.717) is 6.54 Å². The monoisotopic (exact) mass is 274 g/mol. The second kappa shape index (κ2) is 7.30. The van der Waals surface area contributed by atoms with Gasteiger partial charge in [0.25, 0.3) is 0 Å². The fourth-order valence-electron chi connectivity index (χ4n) is 2.21. The fourth-order valence-corrected chi connectivity index (χ4v) is 2.21. The van der Waals surface area contributed by atoms with E-state index in [1.54, 1.807) is 0 Å². The normalized spacial score (nSPS) is 22.6. The molecular weight excluding hydrogens is 252 g/mol. The second-order valence-electron chi connectivity index (χ2n) is 4.74. The van der Waals surface area contributed by atoms with Crippen LogP contribution in [0.3, 0.4) is 0 Å². The Morgan fingerprint density at radius 3 is 2.58 bits per heavy atom. The number of hydrogen-bond acceptors (Lipinski definition) is 4. The molecule has 0 aromatic carbocycles. The molecule has 0 spiro atoms. The topological polar surface area (TPSA) is 101 Å². The van der Waals surface area contributed by atoms with E-state index in [1.165, 1.54) is 9.80 Å². The average Bonchev–Trinajstić information content (AvgIpc) is 2.76. The fraction of sp³-hybridized carbons (Fsp3) is 0.833. The summed E-state index contributed by atoms with van der Waals surface area (Å²) in [6, 6.07) is -1.41. The van der Waals surface area contributed by atoms with Gasteiger partial charge in [-0.1, -0.05) is 13.3 Å². The highest BCUT2D eigenvalue weighted by atomic mass is 16.4. The standard InChI is InChI=1S/C12H22N2O5/c1-2-3-4-13(5-6-15)12(19)14-8-9(16)7-10(14)11(17)18/h9-10,15-16H,2-8H2,1H3,(H,17,18)/t9-,10-/m0/s1.